The zero-order chi connectivity index (χ0) is 21.0. The van der Waals surface area contributed by atoms with Crippen molar-refractivity contribution in [2.75, 3.05) is 18.0 Å². The van der Waals surface area contributed by atoms with Crippen LogP contribution in [0.15, 0.2) is 72.1 Å². The molecule has 1 saturated heterocycles. The third kappa shape index (κ3) is 4.34. The Morgan fingerprint density at radius 1 is 0.935 bits per heavy atom. The Hall–Kier alpha value is -2.77. The van der Waals surface area contributed by atoms with Crippen molar-refractivity contribution in [2.24, 2.45) is 0 Å². The maximum atomic E-state index is 6.56. The van der Waals surface area contributed by atoms with Crippen LogP contribution in [-0.4, -0.2) is 37.4 Å². The van der Waals surface area contributed by atoms with E-state index >= 15 is 0 Å². The zero-order valence-electron chi connectivity index (χ0n) is 17.1. The summed E-state index contributed by atoms with van der Waals surface area (Å²) in [5, 5.41) is 10.6. The van der Waals surface area contributed by atoms with Crippen molar-refractivity contribution >= 4 is 29.3 Å². The Morgan fingerprint density at radius 3 is 2.52 bits per heavy atom. The minimum Gasteiger partial charge on any atom is -0.341 e. The number of hydrogen-bond donors (Lipinski definition) is 0. The summed E-state index contributed by atoms with van der Waals surface area (Å²) in [6.07, 6.45) is 6.23. The molecule has 0 aliphatic carbocycles. The summed E-state index contributed by atoms with van der Waals surface area (Å²) in [6, 6.07) is 18.3. The van der Waals surface area contributed by atoms with Crippen LogP contribution in [0.2, 0.25) is 5.02 Å². The molecule has 4 aromatic rings. The molecule has 0 N–H and O–H groups in total. The molecule has 0 saturated carbocycles. The summed E-state index contributed by atoms with van der Waals surface area (Å²) in [5.74, 6) is 2.56. The summed E-state index contributed by atoms with van der Waals surface area (Å²) in [6.45, 7) is 2.79. The van der Waals surface area contributed by atoms with Gasteiger partial charge in [-0.05, 0) is 30.5 Å². The molecule has 8 heteroatoms. The molecule has 0 spiro atoms. The third-order valence-electron chi connectivity index (χ3n) is 5.43. The SMILES string of the molecule is Clc1ccccc1-n1c(SCc2nccn2Cc2ccccc2)nnc1N1CCCC1. The Balaban J connectivity index is 1.42. The molecular formula is C23H23ClN6S. The van der Waals surface area contributed by atoms with Crippen molar-refractivity contribution < 1.29 is 0 Å². The van der Waals surface area contributed by atoms with E-state index in [1.54, 1.807) is 11.8 Å². The number of para-hydroxylation sites is 1. The number of imidazole rings is 1. The van der Waals surface area contributed by atoms with Gasteiger partial charge in [-0.15, -0.1) is 10.2 Å². The first-order valence-corrected chi connectivity index (χ1v) is 11.8. The molecule has 2 aromatic heterocycles. The van der Waals surface area contributed by atoms with Gasteiger partial charge in [0, 0.05) is 32.0 Å². The van der Waals surface area contributed by atoms with E-state index in [-0.39, 0.29) is 0 Å². The maximum absolute atomic E-state index is 6.56. The van der Waals surface area contributed by atoms with E-state index in [4.69, 9.17) is 11.6 Å². The van der Waals surface area contributed by atoms with Gasteiger partial charge >= 0.3 is 0 Å². The molecule has 0 atom stereocenters. The summed E-state index contributed by atoms with van der Waals surface area (Å²) >= 11 is 8.19. The first kappa shape index (κ1) is 20.2. The number of hydrogen-bond acceptors (Lipinski definition) is 5. The maximum Gasteiger partial charge on any atom is 0.232 e. The van der Waals surface area contributed by atoms with E-state index in [2.05, 4.69) is 53.5 Å². The fraction of sp³-hybridized carbons (Fsp3) is 0.261. The van der Waals surface area contributed by atoms with Gasteiger partial charge in [0.05, 0.1) is 16.5 Å². The highest BCUT2D eigenvalue weighted by Crippen LogP contribution is 2.32. The molecule has 2 aromatic carbocycles. The molecule has 5 rings (SSSR count). The predicted molar refractivity (Wildman–Crippen MR) is 125 cm³/mol. The average molecular weight is 451 g/mol. The van der Waals surface area contributed by atoms with Gasteiger partial charge < -0.3 is 9.47 Å². The lowest BCUT2D eigenvalue weighted by Gasteiger charge is -2.19. The fourth-order valence-electron chi connectivity index (χ4n) is 3.85. The molecule has 0 bridgehead atoms. The van der Waals surface area contributed by atoms with Crippen molar-refractivity contribution in [1.29, 1.82) is 0 Å². The van der Waals surface area contributed by atoms with Crippen LogP contribution in [0.1, 0.15) is 24.2 Å². The molecule has 1 aliphatic heterocycles. The lowest BCUT2D eigenvalue weighted by atomic mass is 10.2. The van der Waals surface area contributed by atoms with Gasteiger partial charge in [0.25, 0.3) is 0 Å². The van der Waals surface area contributed by atoms with E-state index in [1.165, 1.54) is 18.4 Å². The molecule has 1 fully saturated rings. The molecule has 3 heterocycles. The van der Waals surface area contributed by atoms with Crippen LogP contribution in [0.4, 0.5) is 5.95 Å². The van der Waals surface area contributed by atoms with E-state index < -0.39 is 0 Å². The first-order valence-electron chi connectivity index (χ1n) is 10.4. The quantitative estimate of drug-likeness (QED) is 0.368. The van der Waals surface area contributed by atoms with Crippen LogP contribution >= 0.6 is 23.4 Å². The topological polar surface area (TPSA) is 51.8 Å². The third-order valence-corrected chi connectivity index (χ3v) is 6.67. The Kier molecular flexibility index (Phi) is 5.95. The molecule has 0 radical (unpaired) electrons. The largest absolute Gasteiger partial charge is 0.341 e. The van der Waals surface area contributed by atoms with Crippen molar-refractivity contribution in [2.45, 2.75) is 30.3 Å². The van der Waals surface area contributed by atoms with Crippen LogP contribution in [0, 0.1) is 0 Å². The number of aromatic nitrogens is 5. The monoisotopic (exact) mass is 450 g/mol. The highest BCUT2D eigenvalue weighted by Gasteiger charge is 2.23. The predicted octanol–water partition coefficient (Wildman–Crippen LogP) is 5.06. The molecule has 0 unspecified atom stereocenters. The minimum atomic E-state index is 0.690. The number of thioether (sulfide) groups is 1. The van der Waals surface area contributed by atoms with Crippen LogP contribution in [-0.2, 0) is 12.3 Å². The average Bonchev–Trinajstić information content (AvgIpc) is 3.54. The van der Waals surface area contributed by atoms with Crippen molar-refractivity contribution in [3.63, 3.8) is 0 Å². The first-order chi connectivity index (χ1) is 15.3. The number of nitrogens with zero attached hydrogens (tertiary/aromatic N) is 6. The molecule has 31 heavy (non-hydrogen) atoms. The highest BCUT2D eigenvalue weighted by atomic mass is 35.5. The van der Waals surface area contributed by atoms with Crippen LogP contribution in [0.3, 0.4) is 0 Å². The second-order valence-electron chi connectivity index (χ2n) is 7.51. The van der Waals surface area contributed by atoms with Gasteiger partial charge in [-0.1, -0.05) is 65.8 Å². The minimum absolute atomic E-state index is 0.690. The Bertz CT molecular complexity index is 1150. The number of anilines is 1. The van der Waals surface area contributed by atoms with Crippen LogP contribution in [0.25, 0.3) is 5.69 Å². The number of benzene rings is 2. The van der Waals surface area contributed by atoms with E-state index in [1.807, 2.05) is 42.7 Å². The fourth-order valence-corrected chi connectivity index (χ4v) is 4.98. The second kappa shape index (κ2) is 9.16. The molecule has 1 aliphatic rings. The van der Waals surface area contributed by atoms with Crippen molar-refractivity contribution in [3.8, 4) is 5.69 Å². The number of halogens is 1. The normalized spacial score (nSPS) is 13.8. The summed E-state index contributed by atoms with van der Waals surface area (Å²) in [7, 11) is 0. The van der Waals surface area contributed by atoms with Gasteiger partial charge in [-0.2, -0.15) is 0 Å². The van der Waals surface area contributed by atoms with Crippen LogP contribution < -0.4 is 4.90 Å². The van der Waals surface area contributed by atoms with Crippen molar-refractivity contribution in [1.82, 2.24) is 24.3 Å². The smallest absolute Gasteiger partial charge is 0.232 e. The molecule has 158 valence electrons. The Morgan fingerprint density at radius 2 is 1.71 bits per heavy atom. The van der Waals surface area contributed by atoms with Crippen molar-refractivity contribution in [3.05, 3.63) is 83.4 Å². The summed E-state index contributed by atoms with van der Waals surface area (Å²) in [5.41, 5.74) is 2.16. The summed E-state index contributed by atoms with van der Waals surface area (Å²) in [4.78, 5) is 6.87. The standard InChI is InChI=1S/C23H23ClN6S/c24-19-10-4-5-11-20(19)30-22(28-13-6-7-14-28)26-27-23(30)31-17-21-25-12-15-29(21)16-18-8-2-1-3-9-18/h1-5,8-12,15H,6-7,13-14,16-17H2. The molecule has 0 amide bonds. The van der Waals surface area contributed by atoms with Gasteiger partial charge in [0.1, 0.15) is 5.82 Å². The Labute approximate surface area is 190 Å². The lowest BCUT2D eigenvalue weighted by molar-refractivity contribution is 0.755. The van der Waals surface area contributed by atoms with Gasteiger partial charge in [-0.3, -0.25) is 4.57 Å². The lowest BCUT2D eigenvalue weighted by Crippen LogP contribution is -2.22. The van der Waals surface area contributed by atoms with E-state index in [9.17, 15) is 0 Å². The summed E-state index contributed by atoms with van der Waals surface area (Å²) < 4.78 is 4.27. The number of rotatable bonds is 7. The second-order valence-corrected chi connectivity index (χ2v) is 8.86. The molecule has 6 nitrogen and oxygen atoms in total. The highest BCUT2D eigenvalue weighted by molar-refractivity contribution is 7.98. The zero-order valence-corrected chi connectivity index (χ0v) is 18.6. The molecular weight excluding hydrogens is 428 g/mol. The van der Waals surface area contributed by atoms with Crippen LogP contribution in [0.5, 0.6) is 0 Å². The van der Waals surface area contributed by atoms with Gasteiger partial charge in [0.2, 0.25) is 5.95 Å². The van der Waals surface area contributed by atoms with E-state index in [0.29, 0.717) is 10.8 Å². The van der Waals surface area contributed by atoms with Gasteiger partial charge in [0.15, 0.2) is 5.16 Å². The van der Waals surface area contributed by atoms with E-state index in [0.717, 1.165) is 42.3 Å². The van der Waals surface area contributed by atoms with Gasteiger partial charge in [-0.25, -0.2) is 4.98 Å².